The Bertz CT molecular complexity index is 422. The minimum absolute atomic E-state index is 0.0286. The molecule has 1 fully saturated rings. The van der Waals surface area contributed by atoms with Gasteiger partial charge in [0.25, 0.3) is 0 Å². The van der Waals surface area contributed by atoms with E-state index in [9.17, 15) is 9.18 Å². The van der Waals surface area contributed by atoms with Crippen LogP contribution < -0.4 is 10.9 Å². The minimum Gasteiger partial charge on any atom is -0.466 e. The van der Waals surface area contributed by atoms with Crippen LogP contribution in [0.25, 0.3) is 0 Å². The summed E-state index contributed by atoms with van der Waals surface area (Å²) >= 11 is 0. The molecule has 1 aliphatic heterocycles. The van der Waals surface area contributed by atoms with Crippen molar-refractivity contribution in [3.05, 3.63) is 35.6 Å². The molecule has 2 rings (SSSR count). The zero-order valence-corrected chi connectivity index (χ0v) is 10.4. The zero-order valence-electron chi connectivity index (χ0n) is 10.4. The van der Waals surface area contributed by atoms with Gasteiger partial charge in [-0.2, -0.15) is 0 Å². The van der Waals surface area contributed by atoms with Gasteiger partial charge in [0.05, 0.1) is 18.6 Å². The molecule has 1 aliphatic rings. The summed E-state index contributed by atoms with van der Waals surface area (Å²) in [6.45, 7) is 4.06. The molecular weight excluding hydrogens is 235 g/mol. The van der Waals surface area contributed by atoms with Gasteiger partial charge >= 0.3 is 5.97 Å². The average molecular weight is 252 g/mol. The number of carbonyl (C=O) groups is 1. The molecule has 0 amide bonds. The topological polar surface area (TPSA) is 50.4 Å². The van der Waals surface area contributed by atoms with Crippen LogP contribution in [0.5, 0.6) is 0 Å². The second-order valence-corrected chi connectivity index (χ2v) is 4.38. The molecule has 0 spiro atoms. The first kappa shape index (κ1) is 13.0. The van der Waals surface area contributed by atoms with Crippen LogP contribution in [0, 0.1) is 11.7 Å². The molecule has 0 aromatic heterocycles. The van der Waals surface area contributed by atoms with Crippen molar-refractivity contribution in [2.45, 2.75) is 25.9 Å². The number of hydrazine groups is 1. The third kappa shape index (κ3) is 2.52. The van der Waals surface area contributed by atoms with Crippen LogP contribution in [-0.2, 0) is 9.53 Å². The summed E-state index contributed by atoms with van der Waals surface area (Å²) in [5.41, 5.74) is 6.95. The van der Waals surface area contributed by atoms with E-state index in [1.807, 2.05) is 6.92 Å². The van der Waals surface area contributed by atoms with Crippen molar-refractivity contribution in [2.24, 2.45) is 5.92 Å². The van der Waals surface area contributed by atoms with E-state index < -0.39 is 0 Å². The molecule has 0 aliphatic carbocycles. The van der Waals surface area contributed by atoms with Crippen molar-refractivity contribution in [1.29, 1.82) is 0 Å². The third-order valence-corrected chi connectivity index (χ3v) is 3.15. The fourth-order valence-electron chi connectivity index (χ4n) is 2.23. The summed E-state index contributed by atoms with van der Waals surface area (Å²) in [5, 5.41) is 0. The van der Waals surface area contributed by atoms with Gasteiger partial charge in [-0.15, -0.1) is 0 Å². The van der Waals surface area contributed by atoms with Crippen molar-refractivity contribution in [1.82, 2.24) is 10.9 Å². The van der Waals surface area contributed by atoms with Gasteiger partial charge in [0.2, 0.25) is 0 Å². The highest BCUT2D eigenvalue weighted by molar-refractivity contribution is 5.75. The number of halogens is 1. The summed E-state index contributed by atoms with van der Waals surface area (Å²) in [5.74, 6) is -0.835. The highest BCUT2D eigenvalue weighted by Crippen LogP contribution is 2.29. The number of nitrogens with one attached hydrogen (secondary N) is 2. The Balaban J connectivity index is 2.20. The fraction of sp³-hybridized carbons (Fsp3) is 0.462. The largest absolute Gasteiger partial charge is 0.466 e. The summed E-state index contributed by atoms with van der Waals surface area (Å²) < 4.78 is 18.0. The molecule has 2 N–H and O–H groups in total. The molecule has 3 unspecified atom stereocenters. The maximum absolute atomic E-state index is 12.9. The molecule has 5 heteroatoms. The zero-order chi connectivity index (χ0) is 13.1. The number of hydrogen-bond acceptors (Lipinski definition) is 4. The van der Waals surface area contributed by atoms with Crippen LogP contribution in [0.3, 0.4) is 0 Å². The molecule has 4 nitrogen and oxygen atoms in total. The molecule has 1 saturated heterocycles. The van der Waals surface area contributed by atoms with E-state index in [0.29, 0.717) is 6.61 Å². The molecule has 1 aromatic rings. The summed E-state index contributed by atoms with van der Waals surface area (Å²) in [7, 11) is 0. The second-order valence-electron chi connectivity index (χ2n) is 4.38. The Kier molecular flexibility index (Phi) is 3.93. The van der Waals surface area contributed by atoms with Gasteiger partial charge in [0, 0.05) is 6.04 Å². The Morgan fingerprint density at radius 1 is 1.33 bits per heavy atom. The molecule has 3 atom stereocenters. The van der Waals surface area contributed by atoms with Crippen LogP contribution in [0.4, 0.5) is 4.39 Å². The van der Waals surface area contributed by atoms with Crippen LogP contribution in [0.15, 0.2) is 24.3 Å². The van der Waals surface area contributed by atoms with E-state index in [-0.39, 0.29) is 29.8 Å². The standard InChI is InChI=1S/C13H17FN2O2/c1-3-18-13(17)11-8(2)15-16-12(11)9-4-6-10(14)7-5-9/h4-8,11-12,15-16H,3H2,1-2H3. The Labute approximate surface area is 105 Å². The second kappa shape index (κ2) is 5.46. The van der Waals surface area contributed by atoms with Crippen LogP contribution in [-0.4, -0.2) is 18.6 Å². The summed E-state index contributed by atoms with van der Waals surface area (Å²) in [6.07, 6.45) is 0. The Morgan fingerprint density at radius 2 is 2.00 bits per heavy atom. The van der Waals surface area contributed by atoms with E-state index in [0.717, 1.165) is 5.56 Å². The molecule has 0 saturated carbocycles. The fourth-order valence-corrected chi connectivity index (χ4v) is 2.23. The first-order chi connectivity index (χ1) is 8.63. The Morgan fingerprint density at radius 3 is 2.61 bits per heavy atom. The minimum atomic E-state index is -0.310. The lowest BCUT2D eigenvalue weighted by Gasteiger charge is -2.19. The molecule has 1 aromatic carbocycles. The average Bonchev–Trinajstić information content (AvgIpc) is 2.72. The summed E-state index contributed by atoms with van der Waals surface area (Å²) in [4.78, 5) is 11.9. The van der Waals surface area contributed by atoms with Gasteiger partial charge in [-0.3, -0.25) is 10.2 Å². The van der Waals surface area contributed by atoms with Crippen LogP contribution in [0.2, 0.25) is 0 Å². The van der Waals surface area contributed by atoms with E-state index >= 15 is 0 Å². The van der Waals surface area contributed by atoms with Gasteiger partial charge < -0.3 is 4.74 Å². The van der Waals surface area contributed by atoms with Gasteiger partial charge in [-0.1, -0.05) is 12.1 Å². The number of esters is 1. The van der Waals surface area contributed by atoms with Crippen LogP contribution in [0.1, 0.15) is 25.5 Å². The molecule has 98 valence electrons. The van der Waals surface area contributed by atoms with Crippen molar-refractivity contribution in [3.8, 4) is 0 Å². The number of hydrogen-bond donors (Lipinski definition) is 2. The van der Waals surface area contributed by atoms with Gasteiger partial charge in [0.15, 0.2) is 0 Å². The molecule has 0 radical (unpaired) electrons. The molecular formula is C13H17FN2O2. The van der Waals surface area contributed by atoms with Gasteiger partial charge in [-0.25, -0.2) is 9.82 Å². The maximum atomic E-state index is 12.9. The first-order valence-electron chi connectivity index (χ1n) is 6.06. The predicted octanol–water partition coefficient (Wildman–Crippen LogP) is 1.54. The lowest BCUT2D eigenvalue weighted by Crippen LogP contribution is -2.31. The number of carbonyl (C=O) groups excluding carboxylic acids is 1. The molecule has 1 heterocycles. The first-order valence-corrected chi connectivity index (χ1v) is 6.06. The number of rotatable bonds is 3. The molecule has 18 heavy (non-hydrogen) atoms. The van der Waals surface area contributed by atoms with Crippen molar-refractivity contribution < 1.29 is 13.9 Å². The van der Waals surface area contributed by atoms with E-state index in [1.165, 1.54) is 12.1 Å². The highest BCUT2D eigenvalue weighted by atomic mass is 19.1. The van der Waals surface area contributed by atoms with Crippen LogP contribution >= 0.6 is 0 Å². The van der Waals surface area contributed by atoms with Gasteiger partial charge in [-0.05, 0) is 31.5 Å². The van der Waals surface area contributed by atoms with E-state index in [1.54, 1.807) is 19.1 Å². The third-order valence-electron chi connectivity index (χ3n) is 3.15. The predicted molar refractivity (Wildman–Crippen MR) is 65.0 cm³/mol. The normalized spacial score (nSPS) is 27.2. The summed E-state index contributed by atoms with van der Waals surface area (Å²) in [6, 6.07) is 5.92. The maximum Gasteiger partial charge on any atom is 0.312 e. The lowest BCUT2D eigenvalue weighted by molar-refractivity contribution is -0.148. The van der Waals surface area contributed by atoms with Gasteiger partial charge in [0.1, 0.15) is 5.82 Å². The van der Waals surface area contributed by atoms with Crippen molar-refractivity contribution in [2.75, 3.05) is 6.61 Å². The SMILES string of the molecule is CCOC(=O)C1C(C)NNC1c1ccc(F)cc1. The quantitative estimate of drug-likeness (QED) is 0.801. The molecule has 0 bridgehead atoms. The number of benzene rings is 1. The van der Waals surface area contributed by atoms with Crippen molar-refractivity contribution >= 4 is 5.97 Å². The smallest absolute Gasteiger partial charge is 0.312 e. The van der Waals surface area contributed by atoms with Crippen molar-refractivity contribution in [3.63, 3.8) is 0 Å². The Hall–Kier alpha value is -1.46. The monoisotopic (exact) mass is 252 g/mol. The van der Waals surface area contributed by atoms with E-state index in [4.69, 9.17) is 4.74 Å². The number of ether oxygens (including phenoxy) is 1. The highest BCUT2D eigenvalue weighted by Gasteiger charge is 2.40. The lowest BCUT2D eigenvalue weighted by atomic mass is 9.90. The van der Waals surface area contributed by atoms with E-state index in [2.05, 4.69) is 10.9 Å².